The van der Waals surface area contributed by atoms with Crippen LogP contribution in [-0.4, -0.2) is 71.0 Å². The topological polar surface area (TPSA) is 162 Å². The van der Waals surface area contributed by atoms with Crippen molar-refractivity contribution in [3.8, 4) is 22.6 Å². The van der Waals surface area contributed by atoms with Crippen LogP contribution >= 0.6 is 0 Å². The minimum Gasteiger partial charge on any atom is -0.510 e. The molecule has 0 aromatic heterocycles. The zero-order valence-electron chi connectivity index (χ0n) is 24.4. The maximum Gasteiger partial charge on any atom is 0.255 e. The Morgan fingerprint density at radius 3 is 2.43 bits per heavy atom. The van der Waals surface area contributed by atoms with Crippen molar-refractivity contribution in [1.82, 2.24) is 10.2 Å². The summed E-state index contributed by atoms with van der Waals surface area (Å²) in [5.41, 5.74) is 8.25. The highest BCUT2D eigenvalue weighted by atomic mass is 16.5. The highest BCUT2D eigenvalue weighted by molar-refractivity contribution is 6.28. The summed E-state index contributed by atoms with van der Waals surface area (Å²) in [5, 5.41) is 36.9. The summed E-state index contributed by atoms with van der Waals surface area (Å²) in [7, 11) is 4.97. The number of allylic oxidation sites excluding steroid dienone is 1. The van der Waals surface area contributed by atoms with Crippen molar-refractivity contribution in [2.45, 2.75) is 45.3 Å². The first-order chi connectivity index (χ1) is 19.9. The third-order valence-corrected chi connectivity index (χ3v) is 8.72. The Hall–Kier alpha value is -4.15. The zero-order valence-corrected chi connectivity index (χ0v) is 24.4. The molecule has 6 N–H and O–H groups in total. The van der Waals surface area contributed by atoms with E-state index in [1.807, 2.05) is 18.2 Å². The maximum atomic E-state index is 14.0. The van der Waals surface area contributed by atoms with Gasteiger partial charge in [-0.1, -0.05) is 26.0 Å². The highest BCUT2D eigenvalue weighted by Crippen LogP contribution is 2.52. The first-order valence-corrected chi connectivity index (χ1v) is 14.0. The van der Waals surface area contributed by atoms with Crippen LogP contribution in [-0.2, 0) is 27.3 Å². The standard InChI is InChI=1S/C32H37N3O7/c1-14(2)34-13-15-6-9-22(42-5)18(10-15)17-7-8-21(36)24-19(17)11-16-12-20-25(29(38)23(16)28(24)37)30(39)26(32(33)41)31(40)27(20)35(3)4/h6-10,14,16,20,25,27,34,36-37,40H,11-13H2,1-5H3,(H2,33,41). The lowest BCUT2D eigenvalue weighted by molar-refractivity contribution is -0.136. The minimum atomic E-state index is -1.29. The third-order valence-electron chi connectivity index (χ3n) is 8.72. The summed E-state index contributed by atoms with van der Waals surface area (Å²) in [6.07, 6.45) is 0.580. The summed E-state index contributed by atoms with van der Waals surface area (Å²) >= 11 is 0. The summed E-state index contributed by atoms with van der Waals surface area (Å²) in [6, 6.07) is 8.61. The van der Waals surface area contributed by atoms with E-state index in [4.69, 9.17) is 10.5 Å². The number of ether oxygens (including phenoxy) is 1. The number of ketones is 2. The van der Waals surface area contributed by atoms with Crippen molar-refractivity contribution in [1.29, 1.82) is 0 Å². The molecule has 5 rings (SSSR count). The molecule has 0 radical (unpaired) electrons. The van der Waals surface area contributed by atoms with E-state index in [1.165, 1.54) is 6.07 Å². The van der Waals surface area contributed by atoms with E-state index in [2.05, 4.69) is 19.2 Å². The number of nitrogens with one attached hydrogen (secondary N) is 1. The first-order valence-electron chi connectivity index (χ1n) is 14.0. The monoisotopic (exact) mass is 575 g/mol. The molecule has 1 amide bonds. The van der Waals surface area contributed by atoms with Gasteiger partial charge in [0.2, 0.25) is 0 Å². The SMILES string of the molecule is COc1ccc(CNC(C)C)cc1-c1ccc(O)c2c1CC1CC3C(C(=O)C(C(N)=O)=C(O)C3N(C)C)C(=O)C1=C2O. The maximum absolute atomic E-state index is 14.0. The number of hydrogen-bond acceptors (Lipinski definition) is 9. The minimum absolute atomic E-state index is 0.0501. The summed E-state index contributed by atoms with van der Waals surface area (Å²) in [4.78, 5) is 41.2. The van der Waals surface area contributed by atoms with Crippen molar-refractivity contribution in [3.05, 3.63) is 63.9 Å². The first kappa shape index (κ1) is 29.3. The smallest absolute Gasteiger partial charge is 0.255 e. The van der Waals surface area contributed by atoms with E-state index in [0.29, 0.717) is 24.3 Å². The Morgan fingerprint density at radius 2 is 1.81 bits per heavy atom. The molecular formula is C32H37N3O7. The Bertz CT molecular complexity index is 1560. The molecule has 1 fully saturated rings. The van der Waals surface area contributed by atoms with Gasteiger partial charge in [-0.05, 0) is 73.7 Å². The molecular weight excluding hydrogens is 538 g/mol. The van der Waals surface area contributed by atoms with Crippen LogP contribution in [0.25, 0.3) is 16.9 Å². The van der Waals surface area contributed by atoms with Gasteiger partial charge in [-0.15, -0.1) is 0 Å². The fourth-order valence-electron chi connectivity index (χ4n) is 6.92. The molecule has 0 heterocycles. The fraction of sp³-hybridized carbons (Fsp3) is 0.406. The van der Waals surface area contributed by atoms with Gasteiger partial charge in [0.1, 0.15) is 28.6 Å². The lowest BCUT2D eigenvalue weighted by atomic mass is 9.59. The van der Waals surface area contributed by atoms with Crippen LogP contribution in [0.1, 0.15) is 37.0 Å². The molecule has 222 valence electrons. The number of methoxy groups -OCH3 is 1. The van der Waals surface area contributed by atoms with Gasteiger partial charge in [0.15, 0.2) is 11.6 Å². The Labute approximate surface area is 244 Å². The van der Waals surface area contributed by atoms with Crippen LogP contribution in [0.3, 0.4) is 0 Å². The number of phenolic OH excluding ortho intramolecular Hbond substituents is 1. The second-order valence-corrected chi connectivity index (χ2v) is 11.9. The number of carbonyl (C=O) groups excluding carboxylic acids is 3. The number of aliphatic hydroxyl groups is 2. The van der Waals surface area contributed by atoms with Gasteiger partial charge < -0.3 is 31.1 Å². The Morgan fingerprint density at radius 1 is 1.10 bits per heavy atom. The molecule has 2 aromatic rings. The molecule has 10 heteroatoms. The predicted molar refractivity (Wildman–Crippen MR) is 157 cm³/mol. The summed E-state index contributed by atoms with van der Waals surface area (Å²) < 4.78 is 5.69. The normalized spacial score (nSPS) is 23.7. The molecule has 0 bridgehead atoms. The number of primary amides is 1. The molecule has 0 saturated heterocycles. The zero-order chi connectivity index (χ0) is 30.6. The van der Waals surface area contributed by atoms with Crippen LogP contribution in [0, 0.1) is 17.8 Å². The van der Waals surface area contributed by atoms with E-state index in [-0.39, 0.29) is 35.1 Å². The molecule has 0 aliphatic heterocycles. The van der Waals surface area contributed by atoms with Crippen LogP contribution < -0.4 is 15.8 Å². The van der Waals surface area contributed by atoms with E-state index in [9.17, 15) is 29.7 Å². The number of nitrogens with two attached hydrogens (primary N) is 1. The fourth-order valence-corrected chi connectivity index (χ4v) is 6.92. The van der Waals surface area contributed by atoms with Crippen molar-refractivity contribution in [3.63, 3.8) is 0 Å². The van der Waals surface area contributed by atoms with E-state index in [0.717, 1.165) is 16.7 Å². The van der Waals surface area contributed by atoms with Gasteiger partial charge in [-0.25, -0.2) is 0 Å². The number of Topliss-reactive ketones (excluding diaryl/α,β-unsaturated/α-hetero) is 2. The van der Waals surface area contributed by atoms with Crippen LogP contribution in [0.15, 0.2) is 47.2 Å². The molecule has 4 unspecified atom stereocenters. The Balaban J connectivity index is 1.66. The molecule has 3 aliphatic carbocycles. The average Bonchev–Trinajstić information content (AvgIpc) is 2.91. The second-order valence-electron chi connectivity index (χ2n) is 11.9. The van der Waals surface area contributed by atoms with Crippen molar-refractivity contribution in [2.24, 2.45) is 23.5 Å². The van der Waals surface area contributed by atoms with Gasteiger partial charge in [0.05, 0.1) is 24.6 Å². The number of rotatable bonds is 7. The number of aromatic hydroxyl groups is 1. The molecule has 10 nitrogen and oxygen atoms in total. The van der Waals surface area contributed by atoms with E-state index >= 15 is 0 Å². The number of likely N-dealkylation sites (N-methyl/N-ethyl adjacent to an activating group) is 1. The van der Waals surface area contributed by atoms with Crippen molar-refractivity contribution < 1.29 is 34.4 Å². The van der Waals surface area contributed by atoms with Gasteiger partial charge in [-0.2, -0.15) is 0 Å². The van der Waals surface area contributed by atoms with Gasteiger partial charge in [0, 0.05) is 23.7 Å². The number of amides is 1. The lowest BCUT2D eigenvalue weighted by Crippen LogP contribution is -2.55. The predicted octanol–water partition coefficient (Wildman–Crippen LogP) is 3.02. The summed E-state index contributed by atoms with van der Waals surface area (Å²) in [5.74, 6) is -5.39. The van der Waals surface area contributed by atoms with E-state index < -0.39 is 52.6 Å². The number of benzene rings is 2. The van der Waals surface area contributed by atoms with Gasteiger partial charge in [0.25, 0.3) is 5.91 Å². The number of fused-ring (bicyclic) bond motifs is 3. The molecule has 1 saturated carbocycles. The van der Waals surface area contributed by atoms with E-state index in [1.54, 1.807) is 32.2 Å². The van der Waals surface area contributed by atoms with Crippen molar-refractivity contribution in [2.75, 3.05) is 21.2 Å². The van der Waals surface area contributed by atoms with Gasteiger partial charge in [-0.3, -0.25) is 19.3 Å². The summed E-state index contributed by atoms with van der Waals surface area (Å²) in [6.45, 7) is 4.76. The van der Waals surface area contributed by atoms with Crippen LogP contribution in [0.5, 0.6) is 11.5 Å². The number of nitrogens with zero attached hydrogens (tertiary/aromatic N) is 1. The molecule has 4 atom stereocenters. The third kappa shape index (κ3) is 4.64. The molecule has 2 aromatic carbocycles. The van der Waals surface area contributed by atoms with Gasteiger partial charge >= 0.3 is 0 Å². The number of carbonyl (C=O) groups is 3. The number of phenols is 1. The average molecular weight is 576 g/mol. The molecule has 3 aliphatic rings. The quantitative estimate of drug-likeness (QED) is 0.247. The molecule has 0 spiro atoms. The number of aliphatic hydroxyl groups excluding tert-OH is 2. The second kappa shape index (κ2) is 10.9. The largest absolute Gasteiger partial charge is 0.510 e. The van der Waals surface area contributed by atoms with Crippen LogP contribution in [0.2, 0.25) is 0 Å². The lowest BCUT2D eigenvalue weighted by Gasteiger charge is -2.46. The number of hydrogen-bond donors (Lipinski definition) is 5. The van der Waals surface area contributed by atoms with Crippen LogP contribution in [0.4, 0.5) is 0 Å². The van der Waals surface area contributed by atoms with Crippen molar-refractivity contribution >= 4 is 23.2 Å². The molecule has 42 heavy (non-hydrogen) atoms. The highest BCUT2D eigenvalue weighted by Gasteiger charge is 2.55. The Kier molecular flexibility index (Phi) is 7.63.